The number of amides is 1. The number of piperidine rings is 2. The first-order valence-electron chi connectivity index (χ1n) is 9.94. The van der Waals surface area contributed by atoms with Crippen molar-refractivity contribution in [2.75, 3.05) is 26.7 Å². The van der Waals surface area contributed by atoms with Crippen LogP contribution in [0.15, 0.2) is 0 Å². The number of likely N-dealkylation sites (tertiary alicyclic amines) is 1. The Labute approximate surface area is 173 Å². The lowest BCUT2D eigenvalue weighted by molar-refractivity contribution is -0.125. The van der Waals surface area contributed by atoms with Crippen LogP contribution in [-0.2, 0) is 14.4 Å². The largest absolute Gasteiger partial charge is 0.483 e. The summed E-state index contributed by atoms with van der Waals surface area (Å²) in [6.07, 6.45) is 4.05. The van der Waals surface area contributed by atoms with Crippen LogP contribution in [0.5, 0.6) is 0 Å². The Morgan fingerprint density at radius 3 is 1.90 bits per heavy atom. The first-order valence-corrected chi connectivity index (χ1v) is 9.94. The molecular weight excluding hydrogens is 378 g/mol. The molecule has 0 aromatic rings. The molecule has 2 fully saturated rings. The fourth-order valence-corrected chi connectivity index (χ4v) is 4.49. The number of carboxylic acid groups (broad SMARTS) is 2. The van der Waals surface area contributed by atoms with Crippen LogP contribution in [0.4, 0.5) is 0 Å². The monoisotopic (exact) mass is 417 g/mol. The van der Waals surface area contributed by atoms with Gasteiger partial charge in [-0.1, -0.05) is 0 Å². The zero-order valence-corrected chi connectivity index (χ0v) is 18.4. The standard InChI is InChI=1S/C18H35N3O2.2CH2O2/c1-16(2)11-14(12-17(3,4)20-16)10-15(22)19-13-18(23)6-8-21(5)9-7-18;2*2-1-3/h14,20,23H,6-13H2,1-5H3,(H,19,22);2*1H,(H,2,3). The summed E-state index contributed by atoms with van der Waals surface area (Å²) in [7, 11) is 2.07. The fraction of sp³-hybridized carbons (Fsp3) is 0.850. The third-order valence-electron chi connectivity index (χ3n) is 5.28. The van der Waals surface area contributed by atoms with Crippen molar-refractivity contribution >= 4 is 18.9 Å². The topological polar surface area (TPSA) is 139 Å². The first kappa shape index (κ1) is 27.3. The van der Waals surface area contributed by atoms with Crippen molar-refractivity contribution in [3.63, 3.8) is 0 Å². The molecule has 9 nitrogen and oxygen atoms in total. The van der Waals surface area contributed by atoms with Crippen LogP contribution in [0.25, 0.3) is 0 Å². The molecule has 2 saturated heterocycles. The Hall–Kier alpha value is -1.71. The van der Waals surface area contributed by atoms with Crippen molar-refractivity contribution in [2.24, 2.45) is 5.92 Å². The number of rotatable bonds is 4. The molecule has 0 spiro atoms. The molecule has 1 amide bonds. The van der Waals surface area contributed by atoms with E-state index in [4.69, 9.17) is 19.8 Å². The lowest BCUT2D eigenvalue weighted by Crippen LogP contribution is -2.58. The second-order valence-corrected chi connectivity index (χ2v) is 9.39. The number of nitrogens with one attached hydrogen (secondary N) is 2. The quantitative estimate of drug-likeness (QED) is 0.425. The van der Waals surface area contributed by atoms with E-state index in [-0.39, 0.29) is 29.9 Å². The van der Waals surface area contributed by atoms with E-state index in [0.29, 0.717) is 18.9 Å². The number of nitrogens with zero attached hydrogens (tertiary/aromatic N) is 1. The summed E-state index contributed by atoms with van der Waals surface area (Å²) < 4.78 is 0. The summed E-state index contributed by atoms with van der Waals surface area (Å²) in [4.78, 5) is 31.3. The molecule has 0 aromatic heterocycles. The van der Waals surface area contributed by atoms with E-state index in [1.807, 2.05) is 0 Å². The van der Waals surface area contributed by atoms with Crippen molar-refractivity contribution in [3.8, 4) is 0 Å². The van der Waals surface area contributed by atoms with Gasteiger partial charge in [0, 0.05) is 37.1 Å². The lowest BCUT2D eigenvalue weighted by Gasteiger charge is -2.46. The fourth-order valence-electron chi connectivity index (χ4n) is 4.49. The molecule has 2 aliphatic heterocycles. The summed E-state index contributed by atoms with van der Waals surface area (Å²) in [5, 5.41) is 31.0. The Kier molecular flexibility index (Phi) is 11.4. The third-order valence-corrected chi connectivity index (χ3v) is 5.28. The Morgan fingerprint density at radius 1 is 1.07 bits per heavy atom. The first-order chi connectivity index (χ1) is 13.3. The maximum atomic E-state index is 12.3. The van der Waals surface area contributed by atoms with Crippen molar-refractivity contribution in [3.05, 3.63) is 0 Å². The molecule has 29 heavy (non-hydrogen) atoms. The molecule has 2 heterocycles. The zero-order valence-electron chi connectivity index (χ0n) is 18.4. The minimum absolute atomic E-state index is 0.0683. The Balaban J connectivity index is 0.00000116. The molecule has 170 valence electrons. The molecule has 0 radical (unpaired) electrons. The van der Waals surface area contributed by atoms with E-state index in [9.17, 15) is 9.90 Å². The maximum absolute atomic E-state index is 12.3. The zero-order chi connectivity index (χ0) is 22.7. The van der Waals surface area contributed by atoms with E-state index in [0.717, 1.165) is 38.8 Å². The van der Waals surface area contributed by atoms with Crippen LogP contribution >= 0.6 is 0 Å². The molecule has 0 aliphatic carbocycles. The van der Waals surface area contributed by atoms with Gasteiger partial charge >= 0.3 is 0 Å². The highest BCUT2D eigenvalue weighted by molar-refractivity contribution is 5.76. The highest BCUT2D eigenvalue weighted by Crippen LogP contribution is 2.34. The molecule has 0 atom stereocenters. The molecule has 0 saturated carbocycles. The van der Waals surface area contributed by atoms with Crippen LogP contribution < -0.4 is 10.6 Å². The number of hydrogen-bond acceptors (Lipinski definition) is 6. The average Bonchev–Trinajstić information content (AvgIpc) is 2.55. The molecule has 2 rings (SSSR count). The van der Waals surface area contributed by atoms with Gasteiger partial charge in [0.05, 0.1) is 5.60 Å². The molecule has 0 bridgehead atoms. The highest BCUT2D eigenvalue weighted by atomic mass is 16.3. The Bertz CT molecular complexity index is 494. The number of carbonyl (C=O) groups excluding carboxylic acids is 1. The SMILES string of the molecule is CN1CCC(O)(CNC(=O)CC2CC(C)(C)NC(C)(C)C2)CC1.O=CO.O=CO. The molecule has 0 aromatic carbocycles. The van der Waals surface area contributed by atoms with E-state index < -0.39 is 5.60 Å². The minimum Gasteiger partial charge on any atom is -0.483 e. The van der Waals surface area contributed by atoms with Gasteiger partial charge < -0.3 is 30.9 Å². The minimum atomic E-state index is -0.727. The molecule has 5 N–H and O–H groups in total. The number of hydrogen-bond donors (Lipinski definition) is 5. The van der Waals surface area contributed by atoms with Gasteiger partial charge in [0.1, 0.15) is 0 Å². The van der Waals surface area contributed by atoms with Crippen LogP contribution in [0.2, 0.25) is 0 Å². The molecule has 9 heteroatoms. The van der Waals surface area contributed by atoms with Crippen LogP contribution in [0.1, 0.15) is 59.8 Å². The van der Waals surface area contributed by atoms with Gasteiger partial charge in [-0.3, -0.25) is 14.4 Å². The highest BCUT2D eigenvalue weighted by Gasteiger charge is 2.38. The van der Waals surface area contributed by atoms with Gasteiger partial charge in [0.15, 0.2) is 0 Å². The molecule has 2 aliphatic rings. The van der Waals surface area contributed by atoms with Crippen molar-refractivity contribution in [1.29, 1.82) is 0 Å². The van der Waals surface area contributed by atoms with Crippen molar-refractivity contribution < 1.29 is 29.7 Å². The summed E-state index contributed by atoms with van der Waals surface area (Å²) in [6, 6.07) is 0. The Morgan fingerprint density at radius 2 is 1.48 bits per heavy atom. The summed E-state index contributed by atoms with van der Waals surface area (Å²) in [6.45, 7) is 10.5. The molecular formula is C20H39N3O6. The van der Waals surface area contributed by atoms with Gasteiger partial charge in [0.25, 0.3) is 12.9 Å². The predicted octanol–water partition coefficient (Wildman–Crippen LogP) is 0.908. The van der Waals surface area contributed by atoms with Gasteiger partial charge in [-0.25, -0.2) is 0 Å². The summed E-state index contributed by atoms with van der Waals surface area (Å²) >= 11 is 0. The van der Waals surface area contributed by atoms with Gasteiger partial charge in [-0.05, 0) is 66.3 Å². The summed E-state index contributed by atoms with van der Waals surface area (Å²) in [5.41, 5.74) is -0.591. The van der Waals surface area contributed by atoms with Crippen LogP contribution in [-0.4, -0.2) is 82.4 Å². The second-order valence-electron chi connectivity index (χ2n) is 9.39. The van der Waals surface area contributed by atoms with Crippen molar-refractivity contribution in [2.45, 2.75) is 76.5 Å². The number of carbonyl (C=O) groups is 3. The van der Waals surface area contributed by atoms with Gasteiger partial charge in [-0.2, -0.15) is 0 Å². The van der Waals surface area contributed by atoms with E-state index in [1.165, 1.54) is 0 Å². The van der Waals surface area contributed by atoms with E-state index in [1.54, 1.807) is 0 Å². The maximum Gasteiger partial charge on any atom is 0.290 e. The number of aliphatic hydroxyl groups is 1. The van der Waals surface area contributed by atoms with E-state index >= 15 is 0 Å². The van der Waals surface area contributed by atoms with Gasteiger partial charge in [0.2, 0.25) is 5.91 Å². The average molecular weight is 418 g/mol. The predicted molar refractivity (Wildman–Crippen MR) is 111 cm³/mol. The van der Waals surface area contributed by atoms with Crippen LogP contribution in [0, 0.1) is 5.92 Å². The molecule has 0 unspecified atom stereocenters. The van der Waals surface area contributed by atoms with Gasteiger partial charge in [-0.15, -0.1) is 0 Å². The van der Waals surface area contributed by atoms with E-state index in [2.05, 4.69) is 50.3 Å². The normalized spacial score (nSPS) is 22.7. The smallest absolute Gasteiger partial charge is 0.290 e. The summed E-state index contributed by atoms with van der Waals surface area (Å²) in [5.74, 6) is 0.476. The lowest BCUT2D eigenvalue weighted by atomic mass is 9.74. The third kappa shape index (κ3) is 11.8. The second kappa shape index (κ2) is 12.1. The van der Waals surface area contributed by atoms with Crippen LogP contribution in [0.3, 0.4) is 0 Å². The van der Waals surface area contributed by atoms with Crippen molar-refractivity contribution in [1.82, 2.24) is 15.5 Å².